The highest BCUT2D eigenvalue weighted by Crippen LogP contribution is 2.24. The molecule has 7 heteroatoms. The Kier molecular flexibility index (Phi) is 6.44. The van der Waals surface area contributed by atoms with Crippen LogP contribution in [0.3, 0.4) is 0 Å². The zero-order chi connectivity index (χ0) is 21.8. The van der Waals surface area contributed by atoms with Crippen LogP contribution in [-0.4, -0.2) is 15.1 Å². The van der Waals surface area contributed by atoms with Crippen molar-refractivity contribution in [1.29, 1.82) is 0 Å². The van der Waals surface area contributed by atoms with Crippen molar-refractivity contribution in [2.75, 3.05) is 0 Å². The van der Waals surface area contributed by atoms with Gasteiger partial charge in [0, 0.05) is 20.9 Å². The molecular weight excluding hydrogens is 428 g/mol. The molecule has 5 nitrogen and oxygen atoms in total. The minimum atomic E-state index is -1.20. The number of hydrogen-bond acceptors (Lipinski definition) is 5. The second kappa shape index (κ2) is 9.41. The molecule has 0 saturated heterocycles. The van der Waals surface area contributed by atoms with Crippen LogP contribution in [0.1, 0.15) is 32.3 Å². The van der Waals surface area contributed by atoms with Gasteiger partial charge in [0.15, 0.2) is 0 Å². The maximum atomic E-state index is 12.7. The van der Waals surface area contributed by atoms with Crippen molar-refractivity contribution in [1.82, 2.24) is 10.3 Å². The Labute approximate surface area is 187 Å². The first-order chi connectivity index (χ1) is 15.0. The number of nitrogens with one attached hydrogen (secondary N) is 1. The predicted octanol–water partition coefficient (Wildman–Crippen LogP) is 5.26. The third kappa shape index (κ3) is 5.18. The number of carbonyl (C=O) groups excluding carboxylic acids is 1. The summed E-state index contributed by atoms with van der Waals surface area (Å²) in [5.41, 5.74) is 3.14. The fourth-order valence-corrected chi connectivity index (χ4v) is 4.80. The van der Waals surface area contributed by atoms with Crippen LogP contribution in [0.15, 0.2) is 75.4 Å². The highest BCUT2D eigenvalue weighted by atomic mass is 32.2. The van der Waals surface area contributed by atoms with Gasteiger partial charge in [-0.25, -0.2) is 4.98 Å². The van der Waals surface area contributed by atoms with Crippen LogP contribution in [0, 0.1) is 13.8 Å². The number of thiophene rings is 1. The highest BCUT2D eigenvalue weighted by Gasteiger charge is 2.16. The van der Waals surface area contributed by atoms with Gasteiger partial charge in [-0.2, -0.15) is 0 Å². The minimum Gasteiger partial charge on any atom is -0.441 e. The van der Waals surface area contributed by atoms with Gasteiger partial charge in [0.05, 0.1) is 28.8 Å². The average Bonchev–Trinajstić information content (AvgIpc) is 3.42. The number of benzene rings is 2. The summed E-state index contributed by atoms with van der Waals surface area (Å²) in [5, 5.41) is 4.90. The Morgan fingerprint density at radius 2 is 1.81 bits per heavy atom. The molecule has 0 aliphatic heterocycles. The summed E-state index contributed by atoms with van der Waals surface area (Å²) >= 11 is 1.61. The normalized spacial score (nSPS) is 11.9. The van der Waals surface area contributed by atoms with Crippen LogP contribution < -0.4 is 5.32 Å². The lowest BCUT2D eigenvalue weighted by Gasteiger charge is -2.04. The smallest absolute Gasteiger partial charge is 0.251 e. The van der Waals surface area contributed by atoms with E-state index >= 15 is 0 Å². The number of hydrogen-bond donors (Lipinski definition) is 1. The second-order valence-corrected chi connectivity index (χ2v) is 9.65. The van der Waals surface area contributed by atoms with Crippen LogP contribution in [0.25, 0.3) is 11.5 Å². The Balaban J connectivity index is 1.43. The van der Waals surface area contributed by atoms with E-state index in [2.05, 4.69) is 10.3 Å². The van der Waals surface area contributed by atoms with Crippen molar-refractivity contribution in [2.45, 2.75) is 31.0 Å². The molecule has 1 unspecified atom stereocenters. The Morgan fingerprint density at radius 1 is 1.06 bits per heavy atom. The summed E-state index contributed by atoms with van der Waals surface area (Å²) in [6, 6.07) is 18.7. The number of oxazole rings is 1. The van der Waals surface area contributed by atoms with Gasteiger partial charge in [-0.15, -0.1) is 11.3 Å². The predicted molar refractivity (Wildman–Crippen MR) is 123 cm³/mol. The van der Waals surface area contributed by atoms with E-state index in [0.29, 0.717) is 35.2 Å². The highest BCUT2D eigenvalue weighted by molar-refractivity contribution is 7.84. The number of aromatic nitrogens is 1. The molecule has 0 aliphatic carbocycles. The SMILES string of the molecule is Cc1ccc(S(=O)Cc2nc(-c3ccc(C(=O)NCc4cccs4)cc3)oc2C)cc1. The van der Waals surface area contributed by atoms with Crippen LogP contribution in [0.2, 0.25) is 0 Å². The molecule has 1 N–H and O–H groups in total. The van der Waals surface area contributed by atoms with Crippen molar-refractivity contribution in [3.63, 3.8) is 0 Å². The number of aryl methyl sites for hydroxylation is 2. The largest absolute Gasteiger partial charge is 0.441 e. The third-order valence-corrected chi connectivity index (χ3v) is 7.05. The molecule has 31 heavy (non-hydrogen) atoms. The first-order valence-corrected chi connectivity index (χ1v) is 12.0. The standard InChI is InChI=1S/C24H22N2O3S2/c1-16-5-11-21(12-6-16)31(28)15-22-17(2)29-24(26-22)19-9-7-18(8-10-19)23(27)25-14-20-4-3-13-30-20/h3-13H,14-15H2,1-2H3,(H,25,27). The number of carbonyl (C=O) groups is 1. The van der Waals surface area contributed by atoms with E-state index in [9.17, 15) is 9.00 Å². The fourth-order valence-electron chi connectivity index (χ4n) is 3.03. The van der Waals surface area contributed by atoms with Crippen LogP contribution in [-0.2, 0) is 23.1 Å². The fraction of sp³-hybridized carbons (Fsp3) is 0.167. The second-order valence-electron chi connectivity index (χ2n) is 7.16. The van der Waals surface area contributed by atoms with Gasteiger partial charge in [0.25, 0.3) is 5.91 Å². The number of nitrogens with zero attached hydrogens (tertiary/aromatic N) is 1. The number of rotatable bonds is 7. The van der Waals surface area contributed by atoms with Crippen molar-refractivity contribution in [3.8, 4) is 11.5 Å². The molecule has 0 fully saturated rings. The van der Waals surface area contributed by atoms with Crippen LogP contribution >= 0.6 is 11.3 Å². The van der Waals surface area contributed by atoms with E-state index in [-0.39, 0.29) is 5.91 Å². The first kappa shape index (κ1) is 21.2. The third-order valence-electron chi connectivity index (χ3n) is 4.84. The molecule has 0 saturated carbocycles. The van der Waals surface area contributed by atoms with Gasteiger partial charge in [0.1, 0.15) is 5.76 Å². The molecule has 0 spiro atoms. The van der Waals surface area contributed by atoms with Gasteiger partial charge in [-0.3, -0.25) is 9.00 Å². The van der Waals surface area contributed by atoms with Crippen molar-refractivity contribution >= 4 is 28.0 Å². The Morgan fingerprint density at radius 3 is 2.48 bits per heavy atom. The van der Waals surface area contributed by atoms with Gasteiger partial charge in [-0.05, 0) is 61.7 Å². The molecule has 4 rings (SSSR count). The van der Waals surface area contributed by atoms with E-state index in [4.69, 9.17) is 4.42 Å². The zero-order valence-electron chi connectivity index (χ0n) is 17.3. The maximum Gasteiger partial charge on any atom is 0.251 e. The summed E-state index contributed by atoms with van der Waals surface area (Å²) < 4.78 is 18.5. The summed E-state index contributed by atoms with van der Waals surface area (Å²) in [6.07, 6.45) is 0. The molecule has 1 atom stereocenters. The molecule has 0 bridgehead atoms. The molecule has 158 valence electrons. The summed E-state index contributed by atoms with van der Waals surface area (Å²) in [5.74, 6) is 1.27. The molecule has 4 aromatic rings. The maximum absolute atomic E-state index is 12.7. The van der Waals surface area contributed by atoms with Crippen molar-refractivity contribution in [2.24, 2.45) is 0 Å². The lowest BCUT2D eigenvalue weighted by molar-refractivity contribution is 0.0951. The minimum absolute atomic E-state index is 0.127. The molecule has 2 aromatic carbocycles. The van der Waals surface area contributed by atoms with Crippen molar-refractivity contribution in [3.05, 3.63) is 93.5 Å². The molecule has 2 heterocycles. The molecule has 2 aromatic heterocycles. The van der Waals surface area contributed by atoms with Gasteiger partial charge < -0.3 is 9.73 Å². The van der Waals surface area contributed by atoms with E-state index in [1.807, 2.05) is 67.8 Å². The van der Waals surface area contributed by atoms with E-state index in [0.717, 1.165) is 20.9 Å². The van der Waals surface area contributed by atoms with Crippen LogP contribution in [0.5, 0.6) is 0 Å². The zero-order valence-corrected chi connectivity index (χ0v) is 18.9. The summed E-state index contributed by atoms with van der Waals surface area (Å²) in [4.78, 5) is 18.8. The summed E-state index contributed by atoms with van der Waals surface area (Å²) in [6.45, 7) is 4.34. The van der Waals surface area contributed by atoms with Gasteiger partial charge >= 0.3 is 0 Å². The first-order valence-electron chi connectivity index (χ1n) is 9.82. The van der Waals surface area contributed by atoms with Gasteiger partial charge in [-0.1, -0.05) is 23.8 Å². The Hall–Kier alpha value is -3.03. The van der Waals surface area contributed by atoms with Crippen LogP contribution in [0.4, 0.5) is 0 Å². The lowest BCUT2D eigenvalue weighted by atomic mass is 10.1. The van der Waals surface area contributed by atoms with E-state index in [1.54, 1.807) is 23.5 Å². The van der Waals surface area contributed by atoms with Gasteiger partial charge in [0.2, 0.25) is 5.89 Å². The molecular formula is C24H22N2O3S2. The van der Waals surface area contributed by atoms with Crippen molar-refractivity contribution < 1.29 is 13.4 Å². The summed E-state index contributed by atoms with van der Waals surface area (Å²) in [7, 11) is -1.20. The molecule has 0 aliphatic rings. The van der Waals surface area contributed by atoms with E-state index in [1.165, 1.54) is 0 Å². The Bertz CT molecular complexity index is 1190. The molecule has 0 radical (unpaired) electrons. The lowest BCUT2D eigenvalue weighted by Crippen LogP contribution is -2.22. The monoisotopic (exact) mass is 450 g/mol. The molecule has 1 amide bonds. The number of amides is 1. The average molecular weight is 451 g/mol. The van der Waals surface area contributed by atoms with E-state index < -0.39 is 10.8 Å². The quantitative estimate of drug-likeness (QED) is 0.417. The topological polar surface area (TPSA) is 72.2 Å².